The van der Waals surface area contributed by atoms with E-state index in [0.29, 0.717) is 17.1 Å². The summed E-state index contributed by atoms with van der Waals surface area (Å²) in [5, 5.41) is 2.61. The number of nitrogens with one attached hydrogen (secondary N) is 1. The monoisotopic (exact) mass is 258 g/mol. The van der Waals surface area contributed by atoms with E-state index in [9.17, 15) is 9.59 Å². The van der Waals surface area contributed by atoms with Gasteiger partial charge in [-0.05, 0) is 11.0 Å². The molecule has 0 bridgehead atoms. The van der Waals surface area contributed by atoms with Crippen molar-refractivity contribution in [3.63, 3.8) is 0 Å². The quantitative estimate of drug-likeness (QED) is 0.794. The van der Waals surface area contributed by atoms with Crippen LogP contribution in [-0.4, -0.2) is 9.55 Å². The highest BCUT2D eigenvalue weighted by Gasteiger charge is 2.17. The first-order valence-corrected chi connectivity index (χ1v) is 6.39. The first-order chi connectivity index (χ1) is 8.77. The molecular formula is C13H10N2O2S. The fourth-order valence-corrected chi connectivity index (χ4v) is 2.88. The first-order valence-electron chi connectivity index (χ1n) is 5.51. The molecule has 1 aromatic carbocycles. The summed E-state index contributed by atoms with van der Waals surface area (Å²) in [6, 6.07) is 9.39. The van der Waals surface area contributed by atoms with Crippen LogP contribution in [0.3, 0.4) is 0 Å². The van der Waals surface area contributed by atoms with Crippen molar-refractivity contribution in [1.29, 1.82) is 0 Å². The van der Waals surface area contributed by atoms with E-state index in [2.05, 4.69) is 4.98 Å². The maximum absolute atomic E-state index is 12.0. The smallest absolute Gasteiger partial charge is 0.283 e. The third kappa shape index (κ3) is 1.73. The molecule has 0 saturated heterocycles. The summed E-state index contributed by atoms with van der Waals surface area (Å²) in [6.07, 6.45) is 1.89. The third-order valence-electron chi connectivity index (χ3n) is 2.78. The lowest BCUT2D eigenvalue weighted by Crippen LogP contribution is -2.32. The molecule has 4 nitrogen and oxygen atoms in total. The van der Waals surface area contributed by atoms with Gasteiger partial charge in [0.2, 0.25) is 0 Å². The largest absolute Gasteiger partial charge is 0.329 e. The van der Waals surface area contributed by atoms with Crippen molar-refractivity contribution in [3.05, 3.63) is 62.7 Å². The molecule has 1 aliphatic rings. The molecule has 0 radical (unpaired) electrons. The molecule has 5 heteroatoms. The van der Waals surface area contributed by atoms with Crippen LogP contribution in [0.2, 0.25) is 0 Å². The second-order valence-electron chi connectivity index (χ2n) is 3.91. The molecular weight excluding hydrogens is 248 g/mol. The molecule has 0 aliphatic carbocycles. The van der Waals surface area contributed by atoms with Crippen LogP contribution in [0.4, 0.5) is 0 Å². The van der Waals surface area contributed by atoms with Gasteiger partial charge in [-0.1, -0.05) is 48.2 Å². The summed E-state index contributed by atoms with van der Waals surface area (Å²) in [7, 11) is 0. The normalized spacial score (nSPS) is 13.3. The zero-order valence-corrected chi connectivity index (χ0v) is 10.2. The van der Waals surface area contributed by atoms with E-state index in [0.717, 1.165) is 5.56 Å². The Morgan fingerprint density at radius 1 is 1.17 bits per heavy atom. The predicted octanol–water partition coefficient (Wildman–Crippen LogP) is 1.82. The standard InChI is InChI=1S/C13H10N2O2S/c16-11-10(9-5-2-1-3-6-9)12-15(13(17)14-11)7-4-8-18-12/h1-6,8H,7H2,(H,14,16,17). The lowest BCUT2D eigenvalue weighted by atomic mass is 10.1. The van der Waals surface area contributed by atoms with Gasteiger partial charge in [0.15, 0.2) is 0 Å². The minimum absolute atomic E-state index is 0.333. The summed E-state index contributed by atoms with van der Waals surface area (Å²) >= 11 is 1.40. The number of aromatic nitrogens is 2. The highest BCUT2D eigenvalue weighted by Crippen LogP contribution is 2.30. The van der Waals surface area contributed by atoms with Gasteiger partial charge in [0.05, 0.1) is 10.6 Å². The van der Waals surface area contributed by atoms with Gasteiger partial charge in [0, 0.05) is 6.54 Å². The molecule has 0 saturated carbocycles. The Morgan fingerprint density at radius 2 is 1.94 bits per heavy atom. The van der Waals surface area contributed by atoms with Crippen molar-refractivity contribution in [2.45, 2.75) is 11.6 Å². The van der Waals surface area contributed by atoms with Crippen molar-refractivity contribution in [2.75, 3.05) is 0 Å². The molecule has 3 rings (SSSR count). The number of H-pyrrole nitrogens is 1. The Balaban J connectivity index is 2.35. The molecule has 0 atom stereocenters. The minimum Gasteiger partial charge on any atom is -0.283 e. The zero-order chi connectivity index (χ0) is 12.5. The van der Waals surface area contributed by atoms with E-state index in [4.69, 9.17) is 0 Å². The van der Waals surface area contributed by atoms with Crippen LogP contribution in [-0.2, 0) is 6.54 Å². The van der Waals surface area contributed by atoms with Gasteiger partial charge < -0.3 is 0 Å². The first kappa shape index (κ1) is 11.1. The molecule has 1 aromatic heterocycles. The van der Waals surface area contributed by atoms with Gasteiger partial charge in [-0.2, -0.15) is 0 Å². The van der Waals surface area contributed by atoms with Crippen LogP contribution in [0.15, 0.2) is 56.4 Å². The fraction of sp³-hybridized carbons (Fsp3) is 0.0769. The Bertz CT molecular complexity index is 729. The van der Waals surface area contributed by atoms with E-state index in [-0.39, 0.29) is 11.2 Å². The Morgan fingerprint density at radius 3 is 2.72 bits per heavy atom. The predicted molar refractivity (Wildman–Crippen MR) is 71.8 cm³/mol. The van der Waals surface area contributed by atoms with Crippen LogP contribution < -0.4 is 11.2 Å². The summed E-state index contributed by atoms with van der Waals surface area (Å²) < 4.78 is 1.58. The van der Waals surface area contributed by atoms with Gasteiger partial charge in [0.1, 0.15) is 0 Å². The molecule has 0 unspecified atom stereocenters. The summed E-state index contributed by atoms with van der Waals surface area (Å²) in [5.74, 6) is 0. The summed E-state index contributed by atoms with van der Waals surface area (Å²) in [4.78, 5) is 26.1. The molecule has 0 fully saturated rings. The summed E-state index contributed by atoms with van der Waals surface area (Å²) in [6.45, 7) is 0.498. The molecule has 0 amide bonds. The molecule has 18 heavy (non-hydrogen) atoms. The molecule has 0 spiro atoms. The van der Waals surface area contributed by atoms with Gasteiger partial charge in [0.25, 0.3) is 5.56 Å². The fourth-order valence-electron chi connectivity index (χ4n) is 1.96. The van der Waals surface area contributed by atoms with Gasteiger partial charge in [-0.15, -0.1) is 0 Å². The second-order valence-corrected chi connectivity index (χ2v) is 4.80. The maximum atomic E-state index is 12.0. The number of hydrogen-bond acceptors (Lipinski definition) is 3. The van der Waals surface area contributed by atoms with Gasteiger partial charge in [-0.25, -0.2) is 4.79 Å². The number of hydrogen-bond donors (Lipinski definition) is 1. The van der Waals surface area contributed by atoms with Crippen molar-refractivity contribution in [3.8, 4) is 11.1 Å². The lowest BCUT2D eigenvalue weighted by molar-refractivity contribution is 0.664. The van der Waals surface area contributed by atoms with E-state index in [1.165, 1.54) is 11.8 Å². The Kier molecular flexibility index (Phi) is 2.68. The van der Waals surface area contributed by atoms with E-state index < -0.39 is 0 Å². The average molecular weight is 258 g/mol. The zero-order valence-electron chi connectivity index (χ0n) is 9.42. The Hall–Kier alpha value is -2.01. The second kappa shape index (κ2) is 4.34. The molecule has 1 aliphatic heterocycles. The van der Waals surface area contributed by atoms with Crippen LogP contribution in [0.5, 0.6) is 0 Å². The van der Waals surface area contributed by atoms with Crippen molar-refractivity contribution in [2.24, 2.45) is 0 Å². The van der Waals surface area contributed by atoms with Crippen LogP contribution in [0, 0.1) is 0 Å². The number of aromatic amines is 1. The number of thioether (sulfide) groups is 1. The van der Waals surface area contributed by atoms with E-state index >= 15 is 0 Å². The van der Waals surface area contributed by atoms with Gasteiger partial charge >= 0.3 is 5.69 Å². The van der Waals surface area contributed by atoms with Crippen LogP contribution in [0.25, 0.3) is 11.1 Å². The highest BCUT2D eigenvalue weighted by atomic mass is 32.2. The lowest BCUT2D eigenvalue weighted by Gasteiger charge is -2.15. The summed E-state index contributed by atoms with van der Waals surface area (Å²) in [5.41, 5.74) is 0.696. The van der Waals surface area contributed by atoms with Crippen molar-refractivity contribution in [1.82, 2.24) is 9.55 Å². The highest BCUT2D eigenvalue weighted by molar-refractivity contribution is 8.02. The molecule has 90 valence electrons. The van der Waals surface area contributed by atoms with Crippen LogP contribution in [0.1, 0.15) is 0 Å². The minimum atomic E-state index is -0.355. The number of allylic oxidation sites excluding steroid dienone is 1. The van der Waals surface area contributed by atoms with E-state index in [1.807, 2.05) is 41.8 Å². The third-order valence-corrected chi connectivity index (χ3v) is 3.75. The molecule has 2 aromatic rings. The SMILES string of the molecule is O=c1[nH]c(=O)n2c(c1-c1ccccc1)SC=CC2. The van der Waals surface area contributed by atoms with Crippen molar-refractivity contribution < 1.29 is 0 Å². The number of benzene rings is 1. The van der Waals surface area contributed by atoms with Crippen LogP contribution >= 0.6 is 11.8 Å². The van der Waals surface area contributed by atoms with Crippen molar-refractivity contribution >= 4 is 11.8 Å². The Labute approximate surface area is 107 Å². The maximum Gasteiger partial charge on any atom is 0.329 e. The van der Waals surface area contributed by atoms with E-state index in [1.54, 1.807) is 4.57 Å². The van der Waals surface area contributed by atoms with Gasteiger partial charge in [-0.3, -0.25) is 14.3 Å². The molecule has 1 N–H and O–H groups in total. The number of nitrogens with zero attached hydrogens (tertiary/aromatic N) is 1. The topological polar surface area (TPSA) is 54.9 Å². The average Bonchev–Trinajstić information content (AvgIpc) is 2.40. The molecule has 2 heterocycles. The number of fused-ring (bicyclic) bond motifs is 1. The number of rotatable bonds is 1.